The number of aromatic nitrogens is 3. The number of methoxy groups -OCH3 is 1. The first-order valence-corrected chi connectivity index (χ1v) is 9.14. The molecule has 0 saturated heterocycles. The molecule has 0 saturated carbocycles. The highest BCUT2D eigenvalue weighted by atomic mass is 32.1. The van der Waals surface area contributed by atoms with Gasteiger partial charge in [0.2, 0.25) is 11.0 Å². The summed E-state index contributed by atoms with van der Waals surface area (Å²) in [5.74, 6) is 1.34. The maximum Gasteiger partial charge on any atom is 0.230 e. The number of hydrogen-bond donors (Lipinski definition) is 1. The molecule has 26 heavy (non-hydrogen) atoms. The van der Waals surface area contributed by atoms with E-state index in [-0.39, 0.29) is 5.91 Å². The van der Waals surface area contributed by atoms with Crippen molar-refractivity contribution in [3.63, 3.8) is 0 Å². The van der Waals surface area contributed by atoms with Crippen LogP contribution >= 0.6 is 11.3 Å². The van der Waals surface area contributed by atoms with Gasteiger partial charge in [-0.3, -0.25) is 4.79 Å². The molecule has 3 rings (SSSR count). The minimum atomic E-state index is -0.488. The molecular weight excluding hydrogens is 348 g/mol. The number of amides is 1. The molecule has 1 N–H and O–H groups in total. The maximum atomic E-state index is 12.3. The first kappa shape index (κ1) is 18.1. The minimum absolute atomic E-state index is 0.0665. The van der Waals surface area contributed by atoms with Crippen molar-refractivity contribution in [3.8, 4) is 22.1 Å². The van der Waals surface area contributed by atoms with Crippen LogP contribution in [0.2, 0.25) is 0 Å². The molecule has 1 aromatic carbocycles. The lowest BCUT2D eigenvalue weighted by molar-refractivity contribution is -0.123. The quantitative estimate of drug-likeness (QED) is 0.743. The van der Waals surface area contributed by atoms with Crippen molar-refractivity contribution in [1.82, 2.24) is 14.8 Å². The van der Waals surface area contributed by atoms with Gasteiger partial charge in [0.25, 0.3) is 0 Å². The van der Waals surface area contributed by atoms with E-state index in [0.29, 0.717) is 10.9 Å². The van der Waals surface area contributed by atoms with E-state index in [1.807, 2.05) is 63.4 Å². The Hall–Kier alpha value is -2.67. The largest absolute Gasteiger partial charge is 0.497 e. The lowest BCUT2D eigenvalue weighted by Gasteiger charge is -2.17. The zero-order valence-corrected chi connectivity index (χ0v) is 16.3. The predicted octanol–water partition coefficient (Wildman–Crippen LogP) is 4.30. The van der Waals surface area contributed by atoms with Crippen LogP contribution in [0.1, 0.15) is 26.5 Å². The second-order valence-electron chi connectivity index (χ2n) is 7.03. The van der Waals surface area contributed by atoms with Gasteiger partial charge in [-0.15, -0.1) is 11.3 Å². The van der Waals surface area contributed by atoms with Gasteiger partial charge in [0, 0.05) is 22.4 Å². The Bertz CT molecular complexity index is 937. The average Bonchev–Trinajstić information content (AvgIpc) is 3.20. The number of carbonyl (C=O) groups excluding carboxylic acids is 1. The molecule has 0 radical (unpaired) electrons. The summed E-state index contributed by atoms with van der Waals surface area (Å²) >= 11 is 1.47. The van der Waals surface area contributed by atoms with E-state index in [4.69, 9.17) is 4.74 Å². The molecule has 0 spiro atoms. The zero-order valence-electron chi connectivity index (χ0n) is 15.5. The first-order chi connectivity index (χ1) is 12.3. The Morgan fingerprint density at radius 1 is 1.27 bits per heavy atom. The number of benzene rings is 1. The third kappa shape index (κ3) is 3.77. The molecule has 3 aromatic rings. The summed E-state index contributed by atoms with van der Waals surface area (Å²) in [5.41, 5.74) is 2.13. The summed E-state index contributed by atoms with van der Waals surface area (Å²) < 4.78 is 6.95. The fraction of sp³-hybridized carbons (Fsp3) is 0.316. The molecule has 0 unspecified atom stereocenters. The lowest BCUT2D eigenvalue weighted by Crippen LogP contribution is -2.28. The highest BCUT2D eigenvalue weighted by molar-refractivity contribution is 7.12. The molecule has 136 valence electrons. The van der Waals surface area contributed by atoms with E-state index in [9.17, 15) is 4.79 Å². The number of anilines is 1. The summed E-state index contributed by atoms with van der Waals surface area (Å²) in [6, 6.07) is 9.59. The van der Waals surface area contributed by atoms with Crippen LogP contribution in [0.4, 0.5) is 5.82 Å². The summed E-state index contributed by atoms with van der Waals surface area (Å²) in [6.45, 7) is 7.51. The number of carbonyl (C=O) groups is 1. The van der Waals surface area contributed by atoms with E-state index in [0.717, 1.165) is 22.7 Å². The van der Waals surface area contributed by atoms with Crippen LogP contribution in [0.15, 0.2) is 35.7 Å². The highest BCUT2D eigenvalue weighted by Gasteiger charge is 2.23. The van der Waals surface area contributed by atoms with Crippen LogP contribution in [0.5, 0.6) is 5.75 Å². The molecule has 0 bridgehead atoms. The van der Waals surface area contributed by atoms with Crippen molar-refractivity contribution >= 4 is 23.1 Å². The van der Waals surface area contributed by atoms with Crippen LogP contribution in [0.25, 0.3) is 16.4 Å². The summed E-state index contributed by atoms with van der Waals surface area (Å²) in [5, 5.41) is 10.1. The Morgan fingerprint density at radius 3 is 2.73 bits per heavy atom. The molecule has 7 heteroatoms. The maximum absolute atomic E-state index is 12.3. The van der Waals surface area contributed by atoms with E-state index < -0.39 is 5.41 Å². The van der Waals surface area contributed by atoms with Crippen molar-refractivity contribution in [2.45, 2.75) is 27.7 Å². The molecule has 0 fully saturated rings. The van der Waals surface area contributed by atoms with Gasteiger partial charge in [0.05, 0.1) is 18.5 Å². The average molecular weight is 370 g/mol. The topological polar surface area (TPSA) is 69.0 Å². The number of nitrogens with one attached hydrogen (secondary N) is 1. The van der Waals surface area contributed by atoms with Crippen molar-refractivity contribution in [3.05, 3.63) is 41.4 Å². The number of ether oxygens (including phenoxy) is 1. The van der Waals surface area contributed by atoms with Gasteiger partial charge in [-0.25, -0.2) is 4.98 Å². The molecule has 2 aromatic heterocycles. The summed E-state index contributed by atoms with van der Waals surface area (Å²) in [6.07, 6.45) is 0. The van der Waals surface area contributed by atoms with Gasteiger partial charge in [-0.1, -0.05) is 32.9 Å². The van der Waals surface area contributed by atoms with Gasteiger partial charge >= 0.3 is 0 Å². The van der Waals surface area contributed by atoms with Gasteiger partial charge in [0.1, 0.15) is 11.6 Å². The van der Waals surface area contributed by atoms with E-state index in [1.165, 1.54) is 11.3 Å². The molecule has 1 amide bonds. The third-order valence-corrected chi connectivity index (χ3v) is 4.61. The number of thiazole rings is 1. The van der Waals surface area contributed by atoms with Crippen LogP contribution < -0.4 is 10.1 Å². The molecular formula is C19H22N4O2S. The van der Waals surface area contributed by atoms with Crippen LogP contribution in [0.3, 0.4) is 0 Å². The number of rotatable bonds is 4. The lowest BCUT2D eigenvalue weighted by atomic mass is 9.96. The highest BCUT2D eigenvalue weighted by Crippen LogP contribution is 2.29. The SMILES string of the molecule is COc1cccc(-c2csc(-n3nc(C)cc3NC(=O)C(C)(C)C)n2)c1. The normalized spacial score (nSPS) is 11.4. The molecule has 0 aliphatic rings. The smallest absolute Gasteiger partial charge is 0.230 e. The zero-order chi connectivity index (χ0) is 18.9. The molecule has 0 aliphatic carbocycles. The van der Waals surface area contributed by atoms with Crippen molar-refractivity contribution in [2.24, 2.45) is 5.41 Å². The predicted molar refractivity (Wildman–Crippen MR) is 104 cm³/mol. The number of aryl methyl sites for hydroxylation is 1. The molecule has 6 nitrogen and oxygen atoms in total. The summed E-state index contributed by atoms with van der Waals surface area (Å²) in [4.78, 5) is 17.0. The van der Waals surface area contributed by atoms with Crippen LogP contribution in [0, 0.1) is 12.3 Å². The molecule has 2 heterocycles. The van der Waals surface area contributed by atoms with Gasteiger partial charge in [-0.2, -0.15) is 9.78 Å². The Kier molecular flexibility index (Phi) is 4.82. The van der Waals surface area contributed by atoms with E-state index in [1.54, 1.807) is 11.8 Å². The van der Waals surface area contributed by atoms with Gasteiger partial charge in [-0.05, 0) is 19.1 Å². The minimum Gasteiger partial charge on any atom is -0.497 e. The standard InChI is InChI=1S/C19H22N4O2S/c1-12-9-16(21-17(24)19(2,3)4)23(22-12)18-20-15(11-26-18)13-7-6-8-14(10-13)25-5/h6-11H,1-5H3,(H,21,24). The van der Waals surface area contributed by atoms with Crippen LogP contribution in [-0.2, 0) is 4.79 Å². The van der Waals surface area contributed by atoms with E-state index >= 15 is 0 Å². The molecule has 0 atom stereocenters. The number of nitrogens with zero attached hydrogens (tertiary/aromatic N) is 3. The summed E-state index contributed by atoms with van der Waals surface area (Å²) in [7, 11) is 1.64. The molecule has 0 aliphatic heterocycles. The fourth-order valence-electron chi connectivity index (χ4n) is 2.31. The Morgan fingerprint density at radius 2 is 2.04 bits per heavy atom. The third-order valence-electron chi connectivity index (χ3n) is 3.79. The van der Waals surface area contributed by atoms with Crippen molar-refractivity contribution < 1.29 is 9.53 Å². The first-order valence-electron chi connectivity index (χ1n) is 8.26. The van der Waals surface area contributed by atoms with Crippen molar-refractivity contribution in [2.75, 3.05) is 12.4 Å². The number of hydrogen-bond acceptors (Lipinski definition) is 5. The fourth-order valence-corrected chi connectivity index (χ4v) is 3.11. The second-order valence-corrected chi connectivity index (χ2v) is 7.87. The Labute approximate surface area is 156 Å². The van der Waals surface area contributed by atoms with Gasteiger partial charge < -0.3 is 10.1 Å². The van der Waals surface area contributed by atoms with Crippen molar-refractivity contribution in [1.29, 1.82) is 0 Å². The van der Waals surface area contributed by atoms with E-state index in [2.05, 4.69) is 15.4 Å². The monoisotopic (exact) mass is 370 g/mol. The van der Waals surface area contributed by atoms with Gasteiger partial charge in [0.15, 0.2) is 0 Å². The Balaban J connectivity index is 1.93. The second kappa shape index (κ2) is 6.92. The van der Waals surface area contributed by atoms with Crippen LogP contribution in [-0.4, -0.2) is 27.8 Å².